The van der Waals surface area contributed by atoms with Crippen LogP contribution in [0.2, 0.25) is 0 Å². The fourth-order valence-corrected chi connectivity index (χ4v) is 4.11. The molecule has 0 radical (unpaired) electrons. The highest BCUT2D eigenvalue weighted by atomic mass is 32.2. The summed E-state index contributed by atoms with van der Waals surface area (Å²) < 4.78 is 51.9. The molecule has 7 heteroatoms. The zero-order valence-electron chi connectivity index (χ0n) is 14.7. The zero-order chi connectivity index (χ0) is 18.6. The van der Waals surface area contributed by atoms with Gasteiger partial charge in [-0.3, -0.25) is 0 Å². The van der Waals surface area contributed by atoms with Crippen LogP contribution in [0.4, 0.5) is 4.39 Å². The first-order chi connectivity index (χ1) is 11.8. The minimum atomic E-state index is -3.96. The van der Waals surface area contributed by atoms with Gasteiger partial charge in [0, 0.05) is 6.04 Å². The third kappa shape index (κ3) is 4.29. The third-order valence-corrected chi connectivity index (χ3v) is 5.44. The first kappa shape index (κ1) is 19.2. The Hall–Kier alpha value is -2.12. The lowest BCUT2D eigenvalue weighted by Gasteiger charge is -2.20. The molecule has 2 aromatic rings. The van der Waals surface area contributed by atoms with E-state index >= 15 is 0 Å². The number of halogens is 1. The maximum absolute atomic E-state index is 13.5. The molecule has 1 atom stereocenters. The Kier molecular flexibility index (Phi) is 6.02. The molecule has 0 aromatic heterocycles. The molecule has 2 rings (SSSR count). The normalized spacial score (nSPS) is 12.7. The van der Waals surface area contributed by atoms with Gasteiger partial charge in [-0.05, 0) is 48.7 Å². The molecule has 0 bridgehead atoms. The number of sulfonamides is 1. The van der Waals surface area contributed by atoms with Crippen molar-refractivity contribution in [1.82, 2.24) is 4.72 Å². The van der Waals surface area contributed by atoms with Gasteiger partial charge < -0.3 is 9.47 Å². The topological polar surface area (TPSA) is 64.6 Å². The molecule has 25 heavy (non-hydrogen) atoms. The Labute approximate surface area is 147 Å². The lowest BCUT2D eigenvalue weighted by molar-refractivity contribution is 0.400. The molecular weight excluding hydrogens is 345 g/mol. The fraction of sp³-hybridized carbons (Fsp3) is 0.333. The van der Waals surface area contributed by atoms with E-state index in [1.54, 1.807) is 13.2 Å². The SMILES string of the molecule is CC[C@H](NS(=O)(=O)c1cc(F)ccc1OC)c1ccc(OC)c(C)c1. The van der Waals surface area contributed by atoms with Crippen LogP contribution in [0.1, 0.15) is 30.5 Å². The van der Waals surface area contributed by atoms with Crippen molar-refractivity contribution in [3.05, 3.63) is 53.3 Å². The molecular formula is C18H22FNO4S. The van der Waals surface area contributed by atoms with Gasteiger partial charge in [0.05, 0.1) is 14.2 Å². The molecule has 0 heterocycles. The summed E-state index contributed by atoms with van der Waals surface area (Å²) in [5.41, 5.74) is 1.71. The fourth-order valence-electron chi connectivity index (χ4n) is 2.62. The first-order valence-corrected chi connectivity index (χ1v) is 9.31. The molecule has 0 aliphatic heterocycles. The number of rotatable bonds is 7. The molecule has 0 aliphatic carbocycles. The van der Waals surface area contributed by atoms with Crippen LogP contribution in [0.15, 0.2) is 41.3 Å². The summed E-state index contributed by atoms with van der Waals surface area (Å²) in [5.74, 6) is 0.178. The summed E-state index contributed by atoms with van der Waals surface area (Å²) in [5, 5.41) is 0. The van der Waals surface area contributed by atoms with Crippen LogP contribution < -0.4 is 14.2 Å². The quantitative estimate of drug-likeness (QED) is 0.812. The van der Waals surface area contributed by atoms with E-state index in [2.05, 4.69) is 4.72 Å². The van der Waals surface area contributed by atoms with Gasteiger partial charge in [0.1, 0.15) is 22.2 Å². The molecule has 0 unspecified atom stereocenters. The smallest absolute Gasteiger partial charge is 0.244 e. The van der Waals surface area contributed by atoms with Gasteiger partial charge >= 0.3 is 0 Å². The van der Waals surface area contributed by atoms with E-state index in [1.807, 2.05) is 26.0 Å². The summed E-state index contributed by atoms with van der Waals surface area (Å²) in [4.78, 5) is -0.223. The van der Waals surface area contributed by atoms with Crippen molar-refractivity contribution in [2.24, 2.45) is 0 Å². The highest BCUT2D eigenvalue weighted by Crippen LogP contribution is 2.29. The molecule has 1 N–H and O–H groups in total. The monoisotopic (exact) mass is 367 g/mol. The van der Waals surface area contributed by atoms with E-state index in [1.165, 1.54) is 13.2 Å². The number of methoxy groups -OCH3 is 2. The van der Waals surface area contributed by atoms with Gasteiger partial charge in [-0.2, -0.15) is 0 Å². The second-order valence-corrected chi connectivity index (χ2v) is 7.29. The van der Waals surface area contributed by atoms with Crippen molar-refractivity contribution < 1.29 is 22.3 Å². The Bertz CT molecular complexity index is 852. The molecule has 5 nitrogen and oxygen atoms in total. The maximum atomic E-state index is 13.5. The Morgan fingerprint density at radius 3 is 2.28 bits per heavy atom. The average Bonchev–Trinajstić information content (AvgIpc) is 2.59. The summed E-state index contributed by atoms with van der Waals surface area (Å²) >= 11 is 0. The predicted octanol–water partition coefficient (Wildman–Crippen LogP) is 3.58. The summed E-state index contributed by atoms with van der Waals surface area (Å²) in [6.07, 6.45) is 0.530. The second-order valence-electron chi connectivity index (χ2n) is 5.61. The van der Waals surface area contributed by atoms with Gasteiger partial charge in [-0.25, -0.2) is 17.5 Å². The van der Waals surface area contributed by atoms with Crippen LogP contribution in [-0.4, -0.2) is 22.6 Å². The number of hydrogen-bond donors (Lipinski definition) is 1. The zero-order valence-corrected chi connectivity index (χ0v) is 15.5. The highest BCUT2D eigenvalue weighted by molar-refractivity contribution is 7.89. The van der Waals surface area contributed by atoms with Crippen LogP contribution in [-0.2, 0) is 10.0 Å². The Morgan fingerprint density at radius 1 is 1.08 bits per heavy atom. The van der Waals surface area contributed by atoms with Crippen LogP contribution >= 0.6 is 0 Å². The number of hydrogen-bond acceptors (Lipinski definition) is 4. The Morgan fingerprint density at radius 2 is 1.72 bits per heavy atom. The second kappa shape index (κ2) is 7.84. The largest absolute Gasteiger partial charge is 0.496 e. The van der Waals surface area contributed by atoms with E-state index in [-0.39, 0.29) is 10.6 Å². The van der Waals surface area contributed by atoms with E-state index in [0.29, 0.717) is 6.42 Å². The third-order valence-electron chi connectivity index (χ3n) is 3.94. The number of aryl methyl sites for hydroxylation is 1. The lowest BCUT2D eigenvalue weighted by Crippen LogP contribution is -2.28. The minimum absolute atomic E-state index is 0.0923. The van der Waals surface area contributed by atoms with Crippen LogP contribution in [0.25, 0.3) is 0 Å². The van der Waals surface area contributed by atoms with Crippen molar-refractivity contribution in [3.8, 4) is 11.5 Å². The standard InChI is InChI=1S/C18H22FNO4S/c1-5-15(13-6-8-16(23-3)12(2)10-13)20-25(21,22)18-11-14(19)7-9-17(18)24-4/h6-11,15,20H,5H2,1-4H3/t15-/m0/s1. The average molecular weight is 367 g/mol. The summed E-state index contributed by atoms with van der Waals surface area (Å²) in [6.45, 7) is 3.76. The molecule has 0 saturated carbocycles. The van der Waals surface area contributed by atoms with Crippen molar-refractivity contribution in [2.45, 2.75) is 31.2 Å². The molecule has 0 saturated heterocycles. The minimum Gasteiger partial charge on any atom is -0.496 e. The molecule has 2 aromatic carbocycles. The van der Waals surface area contributed by atoms with E-state index in [0.717, 1.165) is 29.0 Å². The molecule has 0 aliphatic rings. The van der Waals surface area contributed by atoms with Crippen molar-refractivity contribution in [2.75, 3.05) is 14.2 Å². The van der Waals surface area contributed by atoms with Crippen molar-refractivity contribution >= 4 is 10.0 Å². The van der Waals surface area contributed by atoms with Crippen molar-refractivity contribution in [1.29, 1.82) is 0 Å². The summed E-state index contributed by atoms with van der Waals surface area (Å²) in [7, 11) is -1.03. The van der Waals surface area contributed by atoms with Gasteiger partial charge in [0.25, 0.3) is 0 Å². The van der Waals surface area contributed by atoms with Gasteiger partial charge in [0.2, 0.25) is 10.0 Å². The van der Waals surface area contributed by atoms with Crippen LogP contribution in [0.3, 0.4) is 0 Å². The molecule has 0 spiro atoms. The van der Waals surface area contributed by atoms with Gasteiger partial charge in [-0.1, -0.05) is 19.1 Å². The van der Waals surface area contributed by atoms with E-state index < -0.39 is 21.9 Å². The van der Waals surface area contributed by atoms with Gasteiger partial charge in [-0.15, -0.1) is 0 Å². The Balaban J connectivity index is 2.38. The van der Waals surface area contributed by atoms with Crippen LogP contribution in [0, 0.1) is 12.7 Å². The lowest BCUT2D eigenvalue weighted by atomic mass is 10.0. The number of benzene rings is 2. The molecule has 0 fully saturated rings. The number of ether oxygens (including phenoxy) is 2. The van der Waals surface area contributed by atoms with E-state index in [4.69, 9.17) is 9.47 Å². The molecule has 136 valence electrons. The van der Waals surface area contributed by atoms with Gasteiger partial charge in [0.15, 0.2) is 0 Å². The first-order valence-electron chi connectivity index (χ1n) is 7.82. The summed E-state index contributed by atoms with van der Waals surface area (Å²) in [6, 6.07) is 8.42. The molecule has 0 amide bonds. The van der Waals surface area contributed by atoms with Crippen molar-refractivity contribution in [3.63, 3.8) is 0 Å². The highest BCUT2D eigenvalue weighted by Gasteiger charge is 2.24. The van der Waals surface area contributed by atoms with E-state index in [9.17, 15) is 12.8 Å². The van der Waals surface area contributed by atoms with Crippen LogP contribution in [0.5, 0.6) is 11.5 Å². The maximum Gasteiger partial charge on any atom is 0.244 e. The predicted molar refractivity (Wildman–Crippen MR) is 94.0 cm³/mol. The number of nitrogens with one attached hydrogen (secondary N) is 1.